The maximum absolute atomic E-state index is 10.1. The summed E-state index contributed by atoms with van der Waals surface area (Å²) < 4.78 is 1.76. The fraction of sp³-hybridized carbons (Fsp3) is 0.571. The highest BCUT2D eigenvalue weighted by molar-refractivity contribution is 9.11. The molecule has 0 spiro atoms. The molecule has 0 amide bonds. The summed E-state index contributed by atoms with van der Waals surface area (Å²) in [7, 11) is 0. The van der Waals surface area contributed by atoms with Gasteiger partial charge >= 0.3 is 0 Å². The van der Waals surface area contributed by atoms with E-state index in [1.807, 2.05) is 12.1 Å². The SMILES string of the molecule is CCCN(Cc1cc(Br)cc(Br)c1O)CC1CC1. The molecule has 2 nitrogen and oxygen atoms in total. The van der Waals surface area contributed by atoms with Crippen LogP contribution in [0.15, 0.2) is 21.1 Å². The highest BCUT2D eigenvalue weighted by atomic mass is 79.9. The van der Waals surface area contributed by atoms with Crippen LogP contribution in [-0.2, 0) is 6.54 Å². The van der Waals surface area contributed by atoms with E-state index in [-0.39, 0.29) is 0 Å². The summed E-state index contributed by atoms with van der Waals surface area (Å²) in [4.78, 5) is 2.45. The van der Waals surface area contributed by atoms with E-state index in [4.69, 9.17) is 0 Å². The molecular weight excluding hydrogens is 358 g/mol. The van der Waals surface area contributed by atoms with Gasteiger partial charge in [0.2, 0.25) is 0 Å². The fourth-order valence-corrected chi connectivity index (χ4v) is 3.51. The third-order valence-electron chi connectivity index (χ3n) is 3.25. The highest BCUT2D eigenvalue weighted by Crippen LogP contribution is 2.34. The van der Waals surface area contributed by atoms with Gasteiger partial charge in [-0.15, -0.1) is 0 Å². The van der Waals surface area contributed by atoms with Gasteiger partial charge in [-0.05, 0) is 59.8 Å². The molecule has 1 fully saturated rings. The largest absolute Gasteiger partial charge is 0.506 e. The van der Waals surface area contributed by atoms with Gasteiger partial charge in [0.1, 0.15) is 5.75 Å². The van der Waals surface area contributed by atoms with Crippen LogP contribution >= 0.6 is 31.9 Å². The van der Waals surface area contributed by atoms with E-state index in [0.29, 0.717) is 5.75 Å². The van der Waals surface area contributed by atoms with Crippen LogP contribution in [0.2, 0.25) is 0 Å². The van der Waals surface area contributed by atoms with Crippen LogP contribution in [0, 0.1) is 5.92 Å². The maximum Gasteiger partial charge on any atom is 0.134 e. The topological polar surface area (TPSA) is 23.5 Å². The van der Waals surface area contributed by atoms with Gasteiger partial charge in [0.15, 0.2) is 0 Å². The molecule has 0 saturated heterocycles. The third-order valence-corrected chi connectivity index (χ3v) is 4.32. The van der Waals surface area contributed by atoms with Gasteiger partial charge in [0.25, 0.3) is 0 Å². The average molecular weight is 377 g/mol. The normalized spacial score (nSPS) is 15.3. The van der Waals surface area contributed by atoms with Gasteiger partial charge in [0, 0.05) is 23.1 Å². The monoisotopic (exact) mass is 375 g/mol. The number of phenolic OH excluding ortho intramolecular Hbond substituents is 1. The molecule has 0 aliphatic heterocycles. The molecule has 2 rings (SSSR count). The minimum Gasteiger partial charge on any atom is -0.506 e. The third kappa shape index (κ3) is 3.97. The first kappa shape index (κ1) is 14.4. The van der Waals surface area contributed by atoms with Crippen molar-refractivity contribution in [3.63, 3.8) is 0 Å². The van der Waals surface area contributed by atoms with Gasteiger partial charge in [-0.2, -0.15) is 0 Å². The smallest absolute Gasteiger partial charge is 0.134 e. The Morgan fingerprint density at radius 3 is 2.67 bits per heavy atom. The number of benzene rings is 1. The molecular formula is C14H19Br2NO. The van der Waals surface area contributed by atoms with E-state index in [9.17, 15) is 5.11 Å². The molecule has 4 heteroatoms. The molecule has 18 heavy (non-hydrogen) atoms. The minimum atomic E-state index is 0.370. The Morgan fingerprint density at radius 1 is 1.33 bits per heavy atom. The number of rotatable bonds is 6. The van der Waals surface area contributed by atoms with Gasteiger partial charge < -0.3 is 5.11 Å². The van der Waals surface area contributed by atoms with Crippen LogP contribution in [0.5, 0.6) is 5.75 Å². The van der Waals surface area contributed by atoms with Gasteiger partial charge in [-0.25, -0.2) is 0 Å². The molecule has 1 aromatic rings. The number of hydrogen-bond acceptors (Lipinski definition) is 2. The van der Waals surface area contributed by atoms with Crippen molar-refractivity contribution in [2.75, 3.05) is 13.1 Å². The number of nitrogens with zero attached hydrogens (tertiary/aromatic N) is 1. The zero-order valence-electron chi connectivity index (χ0n) is 10.6. The molecule has 0 atom stereocenters. The molecule has 0 aromatic heterocycles. The Balaban J connectivity index is 2.09. The Labute approximate surface area is 126 Å². The van der Waals surface area contributed by atoms with Crippen LogP contribution < -0.4 is 0 Å². The van der Waals surface area contributed by atoms with Crippen LogP contribution in [0.3, 0.4) is 0 Å². The summed E-state index contributed by atoms with van der Waals surface area (Å²) in [5, 5.41) is 10.1. The lowest BCUT2D eigenvalue weighted by Crippen LogP contribution is -2.26. The van der Waals surface area contributed by atoms with E-state index in [2.05, 4.69) is 43.7 Å². The summed E-state index contributed by atoms with van der Waals surface area (Å²) in [5.41, 5.74) is 0.991. The Kier molecular flexibility index (Phi) is 5.10. The maximum atomic E-state index is 10.1. The van der Waals surface area contributed by atoms with Gasteiger partial charge in [-0.3, -0.25) is 4.90 Å². The van der Waals surface area contributed by atoms with Crippen molar-refractivity contribution in [3.8, 4) is 5.75 Å². The number of halogens is 2. The highest BCUT2D eigenvalue weighted by Gasteiger charge is 2.24. The van der Waals surface area contributed by atoms with Gasteiger partial charge in [0.05, 0.1) is 4.47 Å². The predicted molar refractivity (Wildman–Crippen MR) is 81.8 cm³/mol. The van der Waals surface area contributed by atoms with E-state index >= 15 is 0 Å². The zero-order chi connectivity index (χ0) is 13.1. The Morgan fingerprint density at radius 2 is 2.06 bits per heavy atom. The zero-order valence-corrected chi connectivity index (χ0v) is 13.8. The first-order chi connectivity index (χ1) is 8.60. The van der Waals surface area contributed by atoms with Crippen molar-refractivity contribution in [3.05, 3.63) is 26.6 Å². The van der Waals surface area contributed by atoms with E-state index < -0.39 is 0 Å². The van der Waals surface area contributed by atoms with Crippen molar-refractivity contribution < 1.29 is 5.11 Å². The van der Waals surface area contributed by atoms with Gasteiger partial charge in [-0.1, -0.05) is 22.9 Å². The second-order valence-corrected chi connectivity index (χ2v) is 6.84. The number of aromatic hydroxyl groups is 1. The lowest BCUT2D eigenvalue weighted by molar-refractivity contribution is 0.251. The number of phenols is 1. The molecule has 1 N–H and O–H groups in total. The molecule has 0 radical (unpaired) electrons. The summed E-state index contributed by atoms with van der Waals surface area (Å²) in [6.07, 6.45) is 3.89. The molecule has 100 valence electrons. The summed E-state index contributed by atoms with van der Waals surface area (Å²) in [5.74, 6) is 1.25. The van der Waals surface area contributed by atoms with Crippen molar-refractivity contribution in [2.24, 2.45) is 5.92 Å². The molecule has 1 aliphatic carbocycles. The van der Waals surface area contributed by atoms with Crippen molar-refractivity contribution in [1.29, 1.82) is 0 Å². The van der Waals surface area contributed by atoms with Crippen LogP contribution in [-0.4, -0.2) is 23.1 Å². The predicted octanol–water partition coefficient (Wildman–Crippen LogP) is 4.54. The molecule has 0 bridgehead atoms. The van der Waals surface area contributed by atoms with Crippen LogP contribution in [0.4, 0.5) is 0 Å². The number of hydrogen-bond donors (Lipinski definition) is 1. The van der Waals surface area contributed by atoms with Crippen molar-refractivity contribution >= 4 is 31.9 Å². The summed E-state index contributed by atoms with van der Waals surface area (Å²) in [6.45, 7) is 5.29. The Hall–Kier alpha value is -0.0600. The molecule has 1 saturated carbocycles. The van der Waals surface area contributed by atoms with Crippen LogP contribution in [0.1, 0.15) is 31.7 Å². The quantitative estimate of drug-likeness (QED) is 0.787. The standard InChI is InChI=1S/C14H19Br2NO/c1-2-5-17(8-10-3-4-10)9-11-6-12(15)7-13(16)14(11)18/h6-7,10,18H,2-5,8-9H2,1H3. The first-order valence-corrected chi connectivity index (χ1v) is 8.08. The molecule has 1 aromatic carbocycles. The van der Waals surface area contributed by atoms with Crippen molar-refractivity contribution in [2.45, 2.75) is 32.7 Å². The fourth-order valence-electron chi connectivity index (χ4n) is 2.20. The molecule has 0 unspecified atom stereocenters. The average Bonchev–Trinajstić information content (AvgIpc) is 3.09. The van der Waals surface area contributed by atoms with E-state index in [1.165, 1.54) is 12.8 Å². The van der Waals surface area contributed by atoms with E-state index in [1.54, 1.807) is 0 Å². The minimum absolute atomic E-state index is 0.370. The van der Waals surface area contributed by atoms with Crippen molar-refractivity contribution in [1.82, 2.24) is 4.90 Å². The summed E-state index contributed by atoms with van der Waals surface area (Å²) in [6, 6.07) is 3.89. The lowest BCUT2D eigenvalue weighted by Gasteiger charge is -2.22. The molecule has 0 heterocycles. The Bertz CT molecular complexity index is 419. The van der Waals surface area contributed by atoms with Crippen LogP contribution in [0.25, 0.3) is 0 Å². The second-order valence-electron chi connectivity index (χ2n) is 5.07. The summed E-state index contributed by atoms with van der Waals surface area (Å²) >= 11 is 6.87. The van der Waals surface area contributed by atoms with E-state index in [0.717, 1.165) is 46.5 Å². The second kappa shape index (κ2) is 6.40. The first-order valence-electron chi connectivity index (χ1n) is 6.49. The lowest BCUT2D eigenvalue weighted by atomic mass is 10.1. The molecule has 1 aliphatic rings.